The summed E-state index contributed by atoms with van der Waals surface area (Å²) >= 11 is 0. The van der Waals surface area contributed by atoms with Crippen molar-refractivity contribution in [2.75, 3.05) is 0 Å². The molecule has 4 unspecified atom stereocenters. The Kier molecular flexibility index (Phi) is 6.02. The lowest BCUT2D eigenvalue weighted by Gasteiger charge is -2.51. The van der Waals surface area contributed by atoms with E-state index in [2.05, 4.69) is 0 Å². The molecule has 0 fully saturated rings. The van der Waals surface area contributed by atoms with E-state index in [-0.39, 0.29) is 11.1 Å². The Morgan fingerprint density at radius 2 is 0.825 bits per heavy atom. The molecule has 0 saturated heterocycles. The summed E-state index contributed by atoms with van der Waals surface area (Å²) in [7, 11) is 0. The van der Waals surface area contributed by atoms with E-state index in [0.29, 0.717) is 33.4 Å². The van der Waals surface area contributed by atoms with E-state index in [4.69, 9.17) is 0 Å². The van der Waals surface area contributed by atoms with Crippen LogP contribution in [0.2, 0.25) is 0 Å². The average Bonchev–Trinajstić information content (AvgIpc) is 2.98. The van der Waals surface area contributed by atoms with Crippen molar-refractivity contribution >= 4 is 24.1 Å². The first kappa shape index (κ1) is 25.5. The second-order valence-corrected chi connectivity index (χ2v) is 10.2. The maximum Gasteiger partial charge on any atom is 0.334 e. The minimum atomic E-state index is -2.14. The summed E-state index contributed by atoms with van der Waals surface area (Å²) in [4.78, 5) is 25.7. The molecule has 4 aromatic rings. The molecule has 6 nitrogen and oxygen atoms in total. The monoisotopic (exact) mass is 530 g/mol. The molecule has 0 aromatic heterocycles. The third-order valence-electron chi connectivity index (χ3n) is 8.21. The third-order valence-corrected chi connectivity index (χ3v) is 8.21. The van der Waals surface area contributed by atoms with E-state index >= 15 is 0 Å². The molecule has 0 bridgehead atoms. The zero-order chi connectivity index (χ0) is 28.1. The summed E-state index contributed by atoms with van der Waals surface area (Å²) in [6, 6.07) is 31.3. The van der Waals surface area contributed by atoms with Crippen molar-refractivity contribution in [1.82, 2.24) is 0 Å². The maximum absolute atomic E-state index is 12.8. The fraction of sp³-hybridized carbons (Fsp3) is 0.118. The van der Waals surface area contributed by atoms with Crippen molar-refractivity contribution < 1.29 is 30.0 Å². The predicted octanol–water partition coefficient (Wildman–Crippen LogP) is 5.29. The highest BCUT2D eigenvalue weighted by molar-refractivity contribution is 5.98. The fourth-order valence-electron chi connectivity index (χ4n) is 6.51. The minimum absolute atomic E-state index is 0.262. The van der Waals surface area contributed by atoms with Gasteiger partial charge in [-0.1, -0.05) is 109 Å². The van der Waals surface area contributed by atoms with Crippen LogP contribution in [0.4, 0.5) is 0 Å². The molecule has 0 radical (unpaired) electrons. The SMILES string of the molecule is O=C(O)C1=Cc2ccccc2C(C2c3ccccc3C=C(C(=O)O)C2(O)c2ccccc2)C1(O)c1ccccc1. The number of hydrogen-bond donors (Lipinski definition) is 4. The minimum Gasteiger partial charge on any atom is -0.478 e. The Morgan fingerprint density at radius 1 is 0.500 bits per heavy atom. The Morgan fingerprint density at radius 3 is 1.18 bits per heavy atom. The van der Waals surface area contributed by atoms with Gasteiger partial charge in [-0.15, -0.1) is 0 Å². The predicted molar refractivity (Wildman–Crippen MR) is 150 cm³/mol. The van der Waals surface area contributed by atoms with Crippen LogP contribution in [0, 0.1) is 0 Å². The highest BCUT2D eigenvalue weighted by Crippen LogP contribution is 2.62. The highest BCUT2D eigenvalue weighted by atomic mass is 16.4. The standard InChI is InChI=1S/C34H26O6/c35-31(36)27-19-21-11-7-9-17-25(21)29(33(27,39)23-13-3-1-4-14-23)30-26-18-10-8-12-22(26)20-28(32(37)38)34(30,40)24-15-5-2-6-16-24/h1-20,29-30,39-40H,(H,35,36)(H,37,38). The molecule has 40 heavy (non-hydrogen) atoms. The number of carboxylic acids is 2. The van der Waals surface area contributed by atoms with Crippen LogP contribution in [0.5, 0.6) is 0 Å². The van der Waals surface area contributed by atoms with E-state index in [1.165, 1.54) is 12.2 Å². The lowest BCUT2D eigenvalue weighted by atomic mass is 9.54. The van der Waals surface area contributed by atoms with Gasteiger partial charge < -0.3 is 20.4 Å². The van der Waals surface area contributed by atoms with Gasteiger partial charge in [0.05, 0.1) is 11.1 Å². The smallest absolute Gasteiger partial charge is 0.334 e. The van der Waals surface area contributed by atoms with Crippen molar-refractivity contribution in [3.8, 4) is 0 Å². The van der Waals surface area contributed by atoms with Crippen LogP contribution in [-0.4, -0.2) is 32.4 Å². The van der Waals surface area contributed by atoms with Crippen LogP contribution < -0.4 is 0 Å². The molecule has 6 rings (SSSR count). The van der Waals surface area contributed by atoms with Crippen molar-refractivity contribution in [3.63, 3.8) is 0 Å². The van der Waals surface area contributed by atoms with Gasteiger partial charge >= 0.3 is 11.9 Å². The number of rotatable bonds is 5. The van der Waals surface area contributed by atoms with Crippen LogP contribution in [0.1, 0.15) is 45.2 Å². The van der Waals surface area contributed by atoms with Gasteiger partial charge in [-0.3, -0.25) is 0 Å². The van der Waals surface area contributed by atoms with Crippen LogP contribution in [-0.2, 0) is 20.8 Å². The lowest BCUT2D eigenvalue weighted by Crippen LogP contribution is -2.51. The van der Waals surface area contributed by atoms with Gasteiger partial charge in [0.15, 0.2) is 0 Å². The number of hydrogen-bond acceptors (Lipinski definition) is 4. The van der Waals surface area contributed by atoms with Crippen molar-refractivity contribution in [2.45, 2.75) is 23.0 Å². The molecule has 0 spiro atoms. The van der Waals surface area contributed by atoms with Crippen LogP contribution in [0.3, 0.4) is 0 Å². The summed E-state index contributed by atoms with van der Waals surface area (Å²) in [5.74, 6) is -4.83. The number of aliphatic carboxylic acids is 2. The molecule has 0 heterocycles. The van der Waals surface area contributed by atoms with Crippen molar-refractivity contribution in [1.29, 1.82) is 0 Å². The zero-order valence-electron chi connectivity index (χ0n) is 21.3. The van der Waals surface area contributed by atoms with Gasteiger partial charge in [0.25, 0.3) is 0 Å². The first-order valence-corrected chi connectivity index (χ1v) is 12.9. The summed E-state index contributed by atoms with van der Waals surface area (Å²) in [5.41, 5.74) is -1.81. The molecule has 4 N–H and O–H groups in total. The Balaban J connectivity index is 1.77. The first-order valence-electron chi connectivity index (χ1n) is 12.9. The van der Waals surface area contributed by atoms with E-state index < -0.39 is 35.0 Å². The number of carboxylic acid groups (broad SMARTS) is 2. The second-order valence-electron chi connectivity index (χ2n) is 10.2. The third kappa shape index (κ3) is 3.65. The molecule has 6 heteroatoms. The fourth-order valence-corrected chi connectivity index (χ4v) is 6.51. The number of fused-ring (bicyclic) bond motifs is 2. The quantitative estimate of drug-likeness (QED) is 0.279. The van der Waals surface area contributed by atoms with Crippen LogP contribution >= 0.6 is 0 Å². The van der Waals surface area contributed by atoms with Crippen LogP contribution in [0.25, 0.3) is 12.2 Å². The van der Waals surface area contributed by atoms with Gasteiger partial charge in [0.2, 0.25) is 0 Å². The van der Waals surface area contributed by atoms with Gasteiger partial charge in [-0.25, -0.2) is 9.59 Å². The first-order chi connectivity index (χ1) is 19.3. The van der Waals surface area contributed by atoms with Gasteiger partial charge in [0.1, 0.15) is 11.2 Å². The largest absolute Gasteiger partial charge is 0.478 e. The van der Waals surface area contributed by atoms with Crippen molar-refractivity contribution in [3.05, 3.63) is 154 Å². The van der Waals surface area contributed by atoms with Gasteiger partial charge in [-0.2, -0.15) is 0 Å². The molecule has 0 saturated carbocycles. The number of carbonyl (C=O) groups is 2. The normalized spacial score (nSPS) is 25.1. The molecule has 4 atom stereocenters. The molecular weight excluding hydrogens is 504 g/mol. The summed E-state index contributed by atoms with van der Waals surface area (Å²) < 4.78 is 0. The van der Waals surface area contributed by atoms with Crippen LogP contribution in [0.15, 0.2) is 120 Å². The Hall–Kier alpha value is -4.78. The molecule has 4 aromatic carbocycles. The average molecular weight is 531 g/mol. The second kappa shape index (κ2) is 9.45. The summed E-state index contributed by atoms with van der Waals surface area (Å²) in [5, 5.41) is 46.6. The van der Waals surface area contributed by atoms with Gasteiger partial charge in [0, 0.05) is 11.8 Å². The summed E-state index contributed by atoms with van der Waals surface area (Å²) in [6.07, 6.45) is 2.93. The van der Waals surface area contributed by atoms with E-state index in [1.54, 1.807) is 109 Å². The number of aliphatic hydroxyl groups is 2. The molecule has 0 amide bonds. The molecule has 2 aliphatic carbocycles. The van der Waals surface area contributed by atoms with E-state index in [1.807, 2.05) is 0 Å². The van der Waals surface area contributed by atoms with Gasteiger partial charge in [-0.05, 0) is 45.5 Å². The molecule has 198 valence electrons. The Labute approximate surface area is 230 Å². The van der Waals surface area contributed by atoms with Crippen molar-refractivity contribution in [2.24, 2.45) is 0 Å². The van der Waals surface area contributed by atoms with E-state index in [9.17, 15) is 30.0 Å². The molecular formula is C34H26O6. The highest BCUT2D eigenvalue weighted by Gasteiger charge is 2.60. The number of benzene rings is 4. The Bertz CT molecular complexity index is 1560. The molecule has 2 aliphatic rings. The van der Waals surface area contributed by atoms with E-state index in [0.717, 1.165) is 0 Å². The zero-order valence-corrected chi connectivity index (χ0v) is 21.3. The maximum atomic E-state index is 12.8. The topological polar surface area (TPSA) is 115 Å². The lowest BCUT2D eigenvalue weighted by molar-refractivity contribution is -0.139. The summed E-state index contributed by atoms with van der Waals surface area (Å²) in [6.45, 7) is 0. The molecule has 0 aliphatic heterocycles.